The molecule has 2 amide bonds. The van der Waals surface area contributed by atoms with Crippen LogP contribution in [0.25, 0.3) is 0 Å². The number of nitrogens with zero attached hydrogens (tertiary/aromatic N) is 1. The molecule has 0 aromatic heterocycles. The molecule has 3 rings (SSSR count). The maximum atomic E-state index is 13.0. The number of alkyl halides is 3. The van der Waals surface area contributed by atoms with Crippen molar-refractivity contribution in [3.05, 3.63) is 65.2 Å². The van der Waals surface area contributed by atoms with Gasteiger partial charge < -0.3 is 5.32 Å². The number of carbonyl (C=O) groups is 2. The molecule has 0 aliphatic carbocycles. The van der Waals surface area contributed by atoms with Crippen LogP contribution in [0, 0.1) is 0 Å². The van der Waals surface area contributed by atoms with Crippen molar-refractivity contribution in [3.63, 3.8) is 0 Å². The van der Waals surface area contributed by atoms with Gasteiger partial charge >= 0.3 is 6.18 Å². The van der Waals surface area contributed by atoms with E-state index in [4.69, 9.17) is 0 Å². The minimum Gasteiger partial charge on any atom is -0.355 e. The molecule has 0 saturated heterocycles. The number of likely N-dealkylation sites (N-methyl/N-ethyl adjacent to an activating group) is 1. The number of benzene rings is 2. The zero-order valence-electron chi connectivity index (χ0n) is 14.0. The molecule has 0 radical (unpaired) electrons. The molecular weight excluding hydrogens is 345 g/mol. The summed E-state index contributed by atoms with van der Waals surface area (Å²) in [6, 6.07) is 10.5. The minimum absolute atomic E-state index is 0.106. The van der Waals surface area contributed by atoms with Crippen molar-refractivity contribution in [2.75, 3.05) is 11.4 Å². The Morgan fingerprint density at radius 2 is 1.88 bits per heavy atom. The number of nitrogens with one attached hydrogen (secondary N) is 1. The second-order valence-corrected chi connectivity index (χ2v) is 6.00. The SMILES string of the molecule is CCNC(=O)C1Cc2ccccc2N1C(=O)c1cccc(C(F)(F)F)c1. The molecule has 136 valence electrons. The van der Waals surface area contributed by atoms with Crippen molar-refractivity contribution in [1.29, 1.82) is 0 Å². The molecule has 1 atom stereocenters. The van der Waals surface area contributed by atoms with E-state index in [0.717, 1.165) is 17.7 Å². The van der Waals surface area contributed by atoms with E-state index in [0.29, 0.717) is 18.7 Å². The summed E-state index contributed by atoms with van der Waals surface area (Å²) in [5, 5.41) is 2.68. The highest BCUT2D eigenvalue weighted by molar-refractivity contribution is 6.11. The Morgan fingerprint density at radius 3 is 2.58 bits per heavy atom. The molecular formula is C19H17F3N2O2. The monoisotopic (exact) mass is 362 g/mol. The summed E-state index contributed by atoms with van der Waals surface area (Å²) in [5.41, 5.74) is 0.353. The molecule has 4 nitrogen and oxygen atoms in total. The average molecular weight is 362 g/mol. The van der Waals surface area contributed by atoms with Gasteiger partial charge in [0, 0.05) is 24.2 Å². The Balaban J connectivity index is 2.01. The molecule has 0 bridgehead atoms. The maximum Gasteiger partial charge on any atom is 0.416 e. The Labute approximate surface area is 148 Å². The van der Waals surface area contributed by atoms with Crippen LogP contribution in [0.1, 0.15) is 28.4 Å². The van der Waals surface area contributed by atoms with Crippen molar-refractivity contribution < 1.29 is 22.8 Å². The van der Waals surface area contributed by atoms with Gasteiger partial charge in [-0.25, -0.2) is 0 Å². The summed E-state index contributed by atoms with van der Waals surface area (Å²) in [6.07, 6.45) is -4.22. The predicted molar refractivity (Wildman–Crippen MR) is 90.9 cm³/mol. The van der Waals surface area contributed by atoms with E-state index in [2.05, 4.69) is 5.32 Å². The quantitative estimate of drug-likeness (QED) is 0.910. The van der Waals surface area contributed by atoms with Crippen LogP contribution in [0.4, 0.5) is 18.9 Å². The number of anilines is 1. The second-order valence-electron chi connectivity index (χ2n) is 6.00. The summed E-state index contributed by atoms with van der Waals surface area (Å²) in [7, 11) is 0. The number of carbonyl (C=O) groups excluding carboxylic acids is 2. The minimum atomic E-state index is -4.54. The van der Waals surface area contributed by atoms with Crippen LogP contribution in [0.5, 0.6) is 0 Å². The van der Waals surface area contributed by atoms with Gasteiger partial charge in [0.2, 0.25) is 5.91 Å². The number of fused-ring (bicyclic) bond motifs is 1. The van der Waals surface area contributed by atoms with Gasteiger partial charge in [-0.3, -0.25) is 14.5 Å². The third kappa shape index (κ3) is 3.29. The normalized spacial score (nSPS) is 16.3. The molecule has 0 spiro atoms. The Morgan fingerprint density at radius 1 is 1.15 bits per heavy atom. The van der Waals surface area contributed by atoms with Gasteiger partial charge in [-0.05, 0) is 36.8 Å². The third-order valence-corrected chi connectivity index (χ3v) is 4.29. The lowest BCUT2D eigenvalue weighted by atomic mass is 10.1. The highest BCUT2D eigenvalue weighted by atomic mass is 19.4. The zero-order valence-corrected chi connectivity index (χ0v) is 14.0. The summed E-state index contributed by atoms with van der Waals surface area (Å²) in [5.74, 6) is -0.957. The van der Waals surface area contributed by atoms with Crippen molar-refractivity contribution in [1.82, 2.24) is 5.32 Å². The fourth-order valence-corrected chi connectivity index (χ4v) is 3.11. The van der Waals surface area contributed by atoms with Crippen LogP contribution >= 0.6 is 0 Å². The maximum absolute atomic E-state index is 13.0. The molecule has 1 unspecified atom stereocenters. The Kier molecular flexibility index (Phi) is 4.71. The van der Waals surface area contributed by atoms with Crippen molar-refractivity contribution in [3.8, 4) is 0 Å². The Bertz CT molecular complexity index is 849. The van der Waals surface area contributed by atoms with Crippen molar-refractivity contribution in [2.45, 2.75) is 25.6 Å². The lowest BCUT2D eigenvalue weighted by Crippen LogP contribution is -2.48. The first-order chi connectivity index (χ1) is 12.3. The lowest BCUT2D eigenvalue weighted by molar-refractivity contribution is -0.137. The van der Waals surface area contributed by atoms with Crippen LogP contribution in [0.15, 0.2) is 48.5 Å². The predicted octanol–water partition coefficient (Wildman–Crippen LogP) is 3.41. The van der Waals surface area contributed by atoms with Gasteiger partial charge in [0.25, 0.3) is 5.91 Å². The van der Waals surface area contributed by atoms with Crippen LogP contribution in [-0.2, 0) is 17.4 Å². The van der Waals surface area contributed by atoms with Crippen LogP contribution in [-0.4, -0.2) is 24.4 Å². The molecule has 2 aromatic rings. The lowest BCUT2D eigenvalue weighted by Gasteiger charge is -2.25. The highest BCUT2D eigenvalue weighted by Gasteiger charge is 2.39. The standard InChI is InChI=1S/C19H17F3N2O2/c1-2-23-17(25)16-11-12-6-3-4-9-15(12)24(16)18(26)13-7-5-8-14(10-13)19(20,21)22/h3-10,16H,2,11H2,1H3,(H,23,25). The molecule has 2 aromatic carbocycles. The van der Waals surface area contributed by atoms with E-state index in [1.54, 1.807) is 31.2 Å². The van der Waals surface area contributed by atoms with Gasteiger partial charge in [-0.15, -0.1) is 0 Å². The van der Waals surface area contributed by atoms with Gasteiger partial charge in [0.05, 0.1) is 5.56 Å². The van der Waals surface area contributed by atoms with E-state index in [1.165, 1.54) is 17.0 Å². The summed E-state index contributed by atoms with van der Waals surface area (Å²) in [4.78, 5) is 26.7. The summed E-state index contributed by atoms with van der Waals surface area (Å²) in [6.45, 7) is 2.16. The molecule has 1 aliphatic rings. The van der Waals surface area contributed by atoms with Gasteiger partial charge in [-0.2, -0.15) is 13.2 Å². The molecule has 0 fully saturated rings. The molecule has 0 saturated carbocycles. The molecule has 1 N–H and O–H groups in total. The molecule has 7 heteroatoms. The Hall–Kier alpha value is -2.83. The molecule has 1 heterocycles. The largest absolute Gasteiger partial charge is 0.416 e. The van der Waals surface area contributed by atoms with Crippen LogP contribution in [0.3, 0.4) is 0 Å². The average Bonchev–Trinajstić information content (AvgIpc) is 3.00. The number of para-hydroxylation sites is 1. The van der Waals surface area contributed by atoms with Gasteiger partial charge in [-0.1, -0.05) is 24.3 Å². The van der Waals surface area contributed by atoms with Gasteiger partial charge in [0.1, 0.15) is 6.04 Å². The van der Waals surface area contributed by atoms with Gasteiger partial charge in [0.15, 0.2) is 0 Å². The number of hydrogen-bond donors (Lipinski definition) is 1. The topological polar surface area (TPSA) is 49.4 Å². The van der Waals surface area contributed by atoms with Crippen molar-refractivity contribution in [2.24, 2.45) is 0 Å². The molecule has 1 aliphatic heterocycles. The smallest absolute Gasteiger partial charge is 0.355 e. The van der Waals surface area contributed by atoms with Crippen LogP contribution < -0.4 is 10.2 Å². The second kappa shape index (κ2) is 6.82. The summed E-state index contributed by atoms with van der Waals surface area (Å²) >= 11 is 0. The zero-order chi connectivity index (χ0) is 18.9. The molecule has 26 heavy (non-hydrogen) atoms. The number of rotatable bonds is 3. The fourth-order valence-electron chi connectivity index (χ4n) is 3.11. The van der Waals surface area contributed by atoms with E-state index in [9.17, 15) is 22.8 Å². The van der Waals surface area contributed by atoms with Crippen molar-refractivity contribution >= 4 is 17.5 Å². The van der Waals surface area contributed by atoms with Crippen LogP contribution in [0.2, 0.25) is 0 Å². The number of hydrogen-bond acceptors (Lipinski definition) is 2. The highest BCUT2D eigenvalue weighted by Crippen LogP contribution is 2.35. The van der Waals surface area contributed by atoms with E-state index < -0.39 is 23.7 Å². The first kappa shape index (κ1) is 18.0. The van der Waals surface area contributed by atoms with E-state index >= 15 is 0 Å². The number of halogens is 3. The summed E-state index contributed by atoms with van der Waals surface area (Å²) < 4.78 is 38.9. The fraction of sp³-hybridized carbons (Fsp3) is 0.263. The van der Waals surface area contributed by atoms with E-state index in [-0.39, 0.29) is 11.5 Å². The third-order valence-electron chi connectivity index (χ3n) is 4.29. The van der Waals surface area contributed by atoms with E-state index in [1.807, 2.05) is 0 Å². The first-order valence-electron chi connectivity index (χ1n) is 8.19. The first-order valence-corrected chi connectivity index (χ1v) is 8.19. The number of amides is 2.